The van der Waals surface area contributed by atoms with Crippen LogP contribution >= 0.6 is 11.6 Å². The average Bonchev–Trinajstić information content (AvgIpc) is 3.51. The largest absolute Gasteiger partial charge is 0.454 e. The monoisotopic (exact) mass is 490 g/mol. The molecule has 8 nitrogen and oxygen atoms in total. The van der Waals surface area contributed by atoms with Crippen LogP contribution in [0.2, 0.25) is 5.02 Å². The number of ether oxygens (including phenoxy) is 2. The average molecular weight is 491 g/mol. The van der Waals surface area contributed by atoms with E-state index < -0.39 is 0 Å². The predicted octanol–water partition coefficient (Wildman–Crippen LogP) is 4.54. The van der Waals surface area contributed by atoms with Crippen molar-refractivity contribution >= 4 is 28.6 Å². The lowest BCUT2D eigenvalue weighted by molar-refractivity contribution is 0.0630. The van der Waals surface area contributed by atoms with E-state index >= 15 is 0 Å². The van der Waals surface area contributed by atoms with E-state index in [1.807, 2.05) is 60.4 Å². The second kappa shape index (κ2) is 8.87. The minimum Gasteiger partial charge on any atom is -0.454 e. The third-order valence-electron chi connectivity index (χ3n) is 6.43. The summed E-state index contributed by atoms with van der Waals surface area (Å²) >= 11 is 6.00. The van der Waals surface area contributed by atoms with Gasteiger partial charge in [-0.25, -0.2) is 4.98 Å². The normalized spacial score (nSPS) is 15.7. The van der Waals surface area contributed by atoms with Crippen molar-refractivity contribution in [3.05, 3.63) is 70.4 Å². The number of amides is 1. The molecule has 2 aliphatic rings. The molecule has 35 heavy (non-hydrogen) atoms. The van der Waals surface area contributed by atoms with Gasteiger partial charge >= 0.3 is 0 Å². The zero-order valence-corrected chi connectivity index (χ0v) is 19.9. The number of carbonyl (C=O) groups is 1. The summed E-state index contributed by atoms with van der Waals surface area (Å²) in [4.78, 5) is 22.4. The van der Waals surface area contributed by atoms with E-state index in [9.17, 15) is 4.79 Å². The van der Waals surface area contributed by atoms with Gasteiger partial charge in [-0.2, -0.15) is 0 Å². The van der Waals surface area contributed by atoms with E-state index in [2.05, 4.69) is 15.0 Å². The van der Waals surface area contributed by atoms with Crippen LogP contribution in [0.3, 0.4) is 0 Å². The van der Waals surface area contributed by atoms with Gasteiger partial charge in [0.15, 0.2) is 11.5 Å². The molecule has 4 aromatic rings. The molecule has 178 valence electrons. The van der Waals surface area contributed by atoms with E-state index in [0.29, 0.717) is 52.6 Å². The van der Waals surface area contributed by atoms with E-state index in [-0.39, 0.29) is 12.7 Å². The molecule has 9 heteroatoms. The number of fused-ring (bicyclic) bond motifs is 2. The Labute approximate surface area is 207 Å². The fourth-order valence-corrected chi connectivity index (χ4v) is 4.74. The minimum atomic E-state index is -0.0446. The van der Waals surface area contributed by atoms with Crippen LogP contribution in [0, 0.1) is 6.92 Å². The highest BCUT2D eigenvalue weighted by Gasteiger charge is 2.27. The van der Waals surface area contributed by atoms with Gasteiger partial charge in [0.2, 0.25) is 6.79 Å². The molecule has 0 unspecified atom stereocenters. The second-order valence-electron chi connectivity index (χ2n) is 8.79. The third-order valence-corrected chi connectivity index (χ3v) is 6.68. The Bertz CT molecular complexity index is 1410. The lowest BCUT2D eigenvalue weighted by Crippen LogP contribution is -2.48. The van der Waals surface area contributed by atoms with Crippen molar-refractivity contribution in [1.82, 2.24) is 19.9 Å². The number of rotatable bonds is 4. The second-order valence-corrected chi connectivity index (χ2v) is 9.22. The number of nitrogens with zero attached hydrogens (tertiary/aromatic N) is 4. The summed E-state index contributed by atoms with van der Waals surface area (Å²) in [6, 6.07) is 15.3. The van der Waals surface area contributed by atoms with Crippen molar-refractivity contribution in [1.29, 1.82) is 0 Å². The van der Waals surface area contributed by atoms with Crippen molar-refractivity contribution in [3.8, 4) is 22.8 Å². The summed E-state index contributed by atoms with van der Waals surface area (Å²) in [6.45, 7) is 5.73. The highest BCUT2D eigenvalue weighted by atomic mass is 35.5. The summed E-state index contributed by atoms with van der Waals surface area (Å²) in [7, 11) is 0. The number of pyridine rings is 1. The first-order valence-corrected chi connectivity index (χ1v) is 11.9. The van der Waals surface area contributed by atoms with Crippen molar-refractivity contribution in [2.75, 3.05) is 33.0 Å². The summed E-state index contributed by atoms with van der Waals surface area (Å²) in [5.41, 5.74) is 4.15. The first-order chi connectivity index (χ1) is 17.0. The first-order valence-electron chi connectivity index (χ1n) is 11.5. The Morgan fingerprint density at radius 1 is 1.00 bits per heavy atom. The third kappa shape index (κ3) is 4.19. The minimum absolute atomic E-state index is 0.0446. The van der Waals surface area contributed by atoms with Gasteiger partial charge < -0.3 is 18.9 Å². The number of hydrogen-bond acceptors (Lipinski definition) is 7. The van der Waals surface area contributed by atoms with Gasteiger partial charge in [-0.3, -0.25) is 9.69 Å². The molecule has 6 rings (SSSR count). The number of carbonyl (C=O) groups excluding carboxylic acids is 1. The summed E-state index contributed by atoms with van der Waals surface area (Å²) < 4.78 is 16.5. The Kier molecular flexibility index (Phi) is 5.54. The van der Waals surface area contributed by atoms with Gasteiger partial charge in [0, 0.05) is 49.0 Å². The topological polar surface area (TPSA) is 80.9 Å². The smallest absolute Gasteiger partial charge is 0.259 e. The van der Waals surface area contributed by atoms with Gasteiger partial charge in [0.1, 0.15) is 5.69 Å². The molecule has 1 fully saturated rings. The molecule has 0 N–H and O–H groups in total. The van der Waals surface area contributed by atoms with E-state index in [4.69, 9.17) is 25.6 Å². The van der Waals surface area contributed by atoms with E-state index in [0.717, 1.165) is 30.2 Å². The summed E-state index contributed by atoms with van der Waals surface area (Å²) in [6.07, 6.45) is 0. The van der Waals surface area contributed by atoms with Gasteiger partial charge in [0.05, 0.1) is 10.9 Å². The Morgan fingerprint density at radius 2 is 1.77 bits per heavy atom. The molecule has 0 bridgehead atoms. The fraction of sp³-hybridized carbons (Fsp3) is 0.269. The first kappa shape index (κ1) is 21.9. The van der Waals surface area contributed by atoms with Crippen molar-refractivity contribution < 1.29 is 18.8 Å². The van der Waals surface area contributed by atoms with Crippen LogP contribution in [0.5, 0.6) is 11.5 Å². The van der Waals surface area contributed by atoms with Crippen LogP contribution in [-0.4, -0.2) is 58.8 Å². The zero-order valence-electron chi connectivity index (χ0n) is 19.2. The van der Waals surface area contributed by atoms with E-state index in [1.54, 1.807) is 0 Å². The number of piperazine rings is 1. The Morgan fingerprint density at radius 3 is 2.57 bits per heavy atom. The number of aromatic nitrogens is 2. The van der Waals surface area contributed by atoms with Crippen LogP contribution in [0.15, 0.2) is 53.1 Å². The standard InChI is InChI=1S/C26H23ClN4O4/c1-16-12-20(26(32)31-10-8-30(9-11-31)14-17-2-5-19(27)6-3-17)23-24(29-35-25(23)28-16)18-4-7-21-22(13-18)34-15-33-21/h2-7,12-13H,8-11,14-15H2,1H3. The number of hydrogen-bond donors (Lipinski definition) is 0. The SMILES string of the molecule is Cc1cc(C(=O)N2CCN(Cc3ccc(Cl)cc3)CC2)c2c(-c3ccc4c(c3)OCO4)noc2n1. The maximum absolute atomic E-state index is 13.7. The highest BCUT2D eigenvalue weighted by Crippen LogP contribution is 2.38. The van der Waals surface area contributed by atoms with Crippen LogP contribution in [-0.2, 0) is 6.54 Å². The molecule has 0 radical (unpaired) electrons. The lowest BCUT2D eigenvalue weighted by atomic mass is 10.0. The maximum atomic E-state index is 13.7. The Hall–Kier alpha value is -3.62. The van der Waals surface area contributed by atoms with Crippen LogP contribution in [0.4, 0.5) is 0 Å². The molecule has 1 amide bonds. The number of halogens is 1. The van der Waals surface area contributed by atoms with Gasteiger partial charge in [0.25, 0.3) is 11.6 Å². The molecule has 0 atom stereocenters. The summed E-state index contributed by atoms with van der Waals surface area (Å²) in [5, 5.41) is 5.61. The molecule has 0 spiro atoms. The molecular formula is C26H23ClN4O4. The molecule has 2 aromatic carbocycles. The Balaban J connectivity index is 1.25. The maximum Gasteiger partial charge on any atom is 0.259 e. The van der Waals surface area contributed by atoms with Gasteiger partial charge in [-0.05, 0) is 48.9 Å². The molecular weight excluding hydrogens is 468 g/mol. The van der Waals surface area contributed by atoms with Crippen LogP contribution < -0.4 is 9.47 Å². The molecule has 4 heterocycles. The molecule has 0 saturated carbocycles. The van der Waals surface area contributed by atoms with Gasteiger partial charge in [-0.15, -0.1) is 0 Å². The number of benzene rings is 2. The highest BCUT2D eigenvalue weighted by molar-refractivity contribution is 6.30. The van der Waals surface area contributed by atoms with Crippen molar-refractivity contribution in [3.63, 3.8) is 0 Å². The van der Waals surface area contributed by atoms with Crippen LogP contribution in [0.25, 0.3) is 22.4 Å². The van der Waals surface area contributed by atoms with Crippen LogP contribution in [0.1, 0.15) is 21.6 Å². The lowest BCUT2D eigenvalue weighted by Gasteiger charge is -2.35. The number of aryl methyl sites for hydroxylation is 1. The van der Waals surface area contributed by atoms with E-state index in [1.165, 1.54) is 5.56 Å². The van der Waals surface area contributed by atoms with Gasteiger partial charge in [-0.1, -0.05) is 28.9 Å². The van der Waals surface area contributed by atoms with Crippen molar-refractivity contribution in [2.45, 2.75) is 13.5 Å². The zero-order chi connectivity index (χ0) is 23.9. The fourth-order valence-electron chi connectivity index (χ4n) is 4.61. The molecule has 0 aliphatic carbocycles. The van der Waals surface area contributed by atoms with Crippen molar-refractivity contribution in [2.24, 2.45) is 0 Å². The quantitative estimate of drug-likeness (QED) is 0.415. The summed E-state index contributed by atoms with van der Waals surface area (Å²) in [5.74, 6) is 1.28. The molecule has 2 aliphatic heterocycles. The molecule has 2 aromatic heterocycles. The predicted molar refractivity (Wildman–Crippen MR) is 131 cm³/mol. The molecule has 1 saturated heterocycles.